The van der Waals surface area contributed by atoms with Crippen LogP contribution in [-0.4, -0.2) is 30.0 Å². The molecular weight excluding hydrogens is 348 g/mol. The van der Waals surface area contributed by atoms with Crippen LogP contribution in [0, 0.1) is 0 Å². The minimum absolute atomic E-state index is 0.231. The molecule has 1 aromatic heterocycles. The Hall–Kier alpha value is -2.31. The second-order valence-corrected chi connectivity index (χ2v) is 8.14. The van der Waals surface area contributed by atoms with E-state index in [1.807, 2.05) is 23.5 Å². The zero-order chi connectivity index (χ0) is 17.5. The summed E-state index contributed by atoms with van der Waals surface area (Å²) < 4.78 is 12.1. The van der Waals surface area contributed by atoms with Gasteiger partial charge in [-0.2, -0.15) is 0 Å². The molecule has 6 heteroatoms. The number of hydrogen-bond donors (Lipinski definition) is 2. The number of rotatable bonds is 3. The number of phenols is 1. The van der Waals surface area contributed by atoms with Crippen molar-refractivity contribution in [3.05, 3.63) is 47.0 Å². The lowest BCUT2D eigenvalue weighted by molar-refractivity contribution is -0.920. The number of likely N-dealkylation sites (tertiary alicyclic amines) is 1. The molecule has 0 aliphatic carbocycles. The first-order valence-corrected chi connectivity index (χ1v) is 9.88. The third-order valence-corrected chi connectivity index (χ3v) is 6.49. The Bertz CT molecular complexity index is 922. The minimum atomic E-state index is 0.231. The molecule has 5 nitrogen and oxygen atoms in total. The van der Waals surface area contributed by atoms with Crippen LogP contribution >= 0.6 is 11.3 Å². The largest absolute Gasteiger partial charge is 0.507 e. The van der Waals surface area contributed by atoms with Crippen molar-refractivity contribution >= 4 is 21.6 Å². The number of piperidine rings is 1. The third-order valence-electron chi connectivity index (χ3n) is 5.29. The van der Waals surface area contributed by atoms with Crippen molar-refractivity contribution < 1.29 is 19.5 Å². The highest BCUT2D eigenvalue weighted by atomic mass is 32.1. The van der Waals surface area contributed by atoms with E-state index in [0.717, 1.165) is 36.5 Å². The molecule has 2 aromatic carbocycles. The van der Waals surface area contributed by atoms with Gasteiger partial charge in [0.2, 0.25) is 6.79 Å². The van der Waals surface area contributed by atoms with Gasteiger partial charge in [0.05, 0.1) is 34.8 Å². The fourth-order valence-corrected chi connectivity index (χ4v) is 5.07. The molecule has 26 heavy (non-hydrogen) atoms. The number of ether oxygens (including phenoxy) is 2. The quantitative estimate of drug-likeness (QED) is 0.745. The summed E-state index contributed by atoms with van der Waals surface area (Å²) in [4.78, 5) is 6.34. The Morgan fingerprint density at radius 3 is 2.92 bits per heavy atom. The highest BCUT2D eigenvalue weighted by Gasteiger charge is 2.28. The first-order valence-electron chi connectivity index (χ1n) is 9.07. The molecule has 2 N–H and O–H groups in total. The van der Waals surface area contributed by atoms with Crippen molar-refractivity contribution in [1.82, 2.24) is 4.98 Å². The van der Waals surface area contributed by atoms with Crippen molar-refractivity contribution in [2.45, 2.75) is 25.3 Å². The zero-order valence-electron chi connectivity index (χ0n) is 14.4. The van der Waals surface area contributed by atoms with Crippen LogP contribution in [0.5, 0.6) is 17.2 Å². The number of benzene rings is 2. The highest BCUT2D eigenvalue weighted by molar-refractivity contribution is 7.18. The number of aromatic nitrogens is 1. The molecule has 1 unspecified atom stereocenters. The molecule has 0 bridgehead atoms. The van der Waals surface area contributed by atoms with Crippen LogP contribution in [0.4, 0.5) is 0 Å². The monoisotopic (exact) mass is 369 g/mol. The topological polar surface area (TPSA) is 56.0 Å². The van der Waals surface area contributed by atoms with Gasteiger partial charge in [-0.25, -0.2) is 4.98 Å². The molecule has 134 valence electrons. The van der Waals surface area contributed by atoms with Crippen molar-refractivity contribution in [2.75, 3.05) is 19.9 Å². The molecule has 2 aliphatic heterocycles. The molecule has 1 fully saturated rings. The van der Waals surface area contributed by atoms with Crippen LogP contribution < -0.4 is 14.4 Å². The van der Waals surface area contributed by atoms with Crippen LogP contribution in [0.2, 0.25) is 0 Å². The molecule has 3 aromatic rings. The summed E-state index contributed by atoms with van der Waals surface area (Å²) in [5, 5.41) is 11.6. The van der Waals surface area contributed by atoms with Crippen molar-refractivity contribution in [2.24, 2.45) is 0 Å². The van der Waals surface area contributed by atoms with Gasteiger partial charge in [0.1, 0.15) is 17.3 Å². The van der Waals surface area contributed by atoms with E-state index in [-0.39, 0.29) is 6.79 Å². The Balaban J connectivity index is 1.34. The van der Waals surface area contributed by atoms with E-state index in [2.05, 4.69) is 18.2 Å². The number of nitrogens with one attached hydrogen (secondary N) is 1. The molecule has 0 spiro atoms. The second kappa shape index (κ2) is 6.45. The average Bonchev–Trinajstić information content (AvgIpc) is 3.28. The van der Waals surface area contributed by atoms with Crippen molar-refractivity contribution in [3.63, 3.8) is 0 Å². The summed E-state index contributed by atoms with van der Waals surface area (Å²) in [7, 11) is 0. The lowest BCUT2D eigenvalue weighted by atomic mass is 9.98. The molecule has 5 rings (SSSR count). The third kappa shape index (κ3) is 2.89. The normalized spacial score (nSPS) is 22.0. The first-order chi connectivity index (χ1) is 12.8. The fourth-order valence-electron chi connectivity index (χ4n) is 3.97. The molecule has 2 aliphatic rings. The van der Waals surface area contributed by atoms with Gasteiger partial charge in [0, 0.05) is 6.07 Å². The average molecular weight is 369 g/mol. The zero-order valence-corrected chi connectivity index (χ0v) is 15.2. The Morgan fingerprint density at radius 2 is 2.04 bits per heavy atom. The lowest BCUT2D eigenvalue weighted by Crippen LogP contribution is -3.12. The van der Waals surface area contributed by atoms with Crippen molar-refractivity contribution in [3.8, 4) is 17.2 Å². The summed E-state index contributed by atoms with van der Waals surface area (Å²) in [6.45, 7) is 3.20. The first kappa shape index (κ1) is 15.9. The maximum Gasteiger partial charge on any atom is 0.231 e. The van der Waals surface area contributed by atoms with Gasteiger partial charge in [-0.3, -0.25) is 0 Å². The van der Waals surface area contributed by atoms with Crippen LogP contribution in [-0.2, 0) is 6.54 Å². The van der Waals surface area contributed by atoms with E-state index in [9.17, 15) is 5.11 Å². The van der Waals surface area contributed by atoms with Crippen LogP contribution in [0.15, 0.2) is 36.4 Å². The van der Waals surface area contributed by atoms with E-state index in [4.69, 9.17) is 14.5 Å². The predicted octanol–water partition coefficient (Wildman–Crippen LogP) is 2.69. The van der Waals surface area contributed by atoms with Crippen LogP contribution in [0.3, 0.4) is 0 Å². The fraction of sp³-hybridized carbons (Fsp3) is 0.350. The maximum atomic E-state index is 10.3. The maximum absolute atomic E-state index is 10.3. The number of aromatic hydroxyl groups is 1. The minimum Gasteiger partial charge on any atom is -0.507 e. The smallest absolute Gasteiger partial charge is 0.231 e. The van der Waals surface area contributed by atoms with Crippen LogP contribution in [0.25, 0.3) is 10.2 Å². The number of quaternary nitrogens is 1. The SMILES string of the molecule is Oc1cc2c(cc1C[NH+]1CCC[C@H](c3nc4ccccc4s3)C1)OCO2. The second-order valence-electron chi connectivity index (χ2n) is 7.07. The van der Waals surface area contributed by atoms with Gasteiger partial charge in [-0.05, 0) is 31.0 Å². The number of thiazole rings is 1. The molecule has 3 heterocycles. The summed E-state index contributed by atoms with van der Waals surface area (Å²) in [6, 6.07) is 12.0. The van der Waals surface area contributed by atoms with Crippen LogP contribution in [0.1, 0.15) is 29.3 Å². The number of fused-ring (bicyclic) bond motifs is 2. The molecule has 1 saturated heterocycles. The Kier molecular flexibility index (Phi) is 3.94. The van der Waals surface area contributed by atoms with E-state index in [1.54, 1.807) is 6.07 Å². The van der Waals surface area contributed by atoms with Gasteiger partial charge in [-0.15, -0.1) is 11.3 Å². The molecule has 0 amide bonds. The molecule has 2 atom stereocenters. The molecule has 0 saturated carbocycles. The van der Waals surface area contributed by atoms with E-state index >= 15 is 0 Å². The van der Waals surface area contributed by atoms with E-state index < -0.39 is 0 Å². The van der Waals surface area contributed by atoms with Gasteiger partial charge >= 0.3 is 0 Å². The summed E-state index contributed by atoms with van der Waals surface area (Å²) in [5.74, 6) is 2.15. The van der Waals surface area contributed by atoms with Gasteiger partial charge in [0.25, 0.3) is 0 Å². The molecule has 0 radical (unpaired) electrons. The number of nitrogens with zero attached hydrogens (tertiary/aromatic N) is 1. The van der Waals surface area contributed by atoms with E-state index in [1.165, 1.54) is 27.4 Å². The number of phenolic OH excluding ortho intramolecular Hbond substituents is 1. The molecular formula is C20H21N2O3S+. The summed E-state index contributed by atoms with van der Waals surface area (Å²) >= 11 is 1.82. The standard InChI is InChI=1S/C20H20N2O3S/c23-16-9-18-17(24-12-25-18)8-14(16)11-22-7-3-4-13(10-22)20-21-15-5-1-2-6-19(15)26-20/h1-2,5-6,8-9,13,23H,3-4,7,10-12H2/p+1/t13-/m0/s1. The summed E-state index contributed by atoms with van der Waals surface area (Å²) in [6.07, 6.45) is 2.37. The van der Waals surface area contributed by atoms with Crippen molar-refractivity contribution in [1.29, 1.82) is 0 Å². The lowest BCUT2D eigenvalue weighted by Gasteiger charge is -2.29. The highest BCUT2D eigenvalue weighted by Crippen LogP contribution is 2.37. The van der Waals surface area contributed by atoms with Gasteiger partial charge < -0.3 is 19.5 Å². The Labute approximate surface area is 155 Å². The number of para-hydroxylation sites is 1. The van der Waals surface area contributed by atoms with E-state index in [0.29, 0.717) is 17.4 Å². The Morgan fingerprint density at radius 1 is 1.19 bits per heavy atom. The summed E-state index contributed by atoms with van der Waals surface area (Å²) in [5.41, 5.74) is 2.03. The predicted molar refractivity (Wildman–Crippen MR) is 100 cm³/mol. The van der Waals surface area contributed by atoms with Gasteiger partial charge in [-0.1, -0.05) is 12.1 Å². The number of hydrogen-bond acceptors (Lipinski definition) is 5. The van der Waals surface area contributed by atoms with Gasteiger partial charge in [0.15, 0.2) is 11.5 Å².